The zero-order valence-corrected chi connectivity index (χ0v) is 10.4. The molecule has 1 amide bonds. The number of rotatable bonds is 7. The van der Waals surface area contributed by atoms with Crippen molar-refractivity contribution in [3.8, 4) is 0 Å². The smallest absolute Gasteiger partial charge is 0.236 e. The van der Waals surface area contributed by atoms with Gasteiger partial charge in [-0.15, -0.1) is 0 Å². The van der Waals surface area contributed by atoms with Crippen LogP contribution in [0.4, 0.5) is 0 Å². The molecule has 0 bridgehead atoms. The van der Waals surface area contributed by atoms with E-state index in [0.717, 1.165) is 19.3 Å². The molecule has 1 aromatic heterocycles. The number of aryl methyl sites for hydroxylation is 1. The molecule has 0 radical (unpaired) electrons. The van der Waals surface area contributed by atoms with Crippen LogP contribution in [-0.2, 0) is 11.2 Å². The summed E-state index contributed by atoms with van der Waals surface area (Å²) in [6.07, 6.45) is 3.27. The van der Waals surface area contributed by atoms with E-state index >= 15 is 0 Å². The van der Waals surface area contributed by atoms with Gasteiger partial charge in [0, 0.05) is 13.0 Å². The van der Waals surface area contributed by atoms with Crippen molar-refractivity contribution < 1.29 is 9.32 Å². The standard InChI is InChI=1S/C11H20N4O2/c1-3-4-5-9(12)11(16)13-7-6-10-14-8(2)15-17-10/h9H,3-7,12H2,1-2H3,(H,13,16). The Hall–Kier alpha value is -1.43. The first-order valence-corrected chi connectivity index (χ1v) is 5.96. The molecule has 6 heteroatoms. The fourth-order valence-electron chi connectivity index (χ4n) is 1.42. The van der Waals surface area contributed by atoms with Crippen molar-refractivity contribution in [3.05, 3.63) is 11.7 Å². The number of hydrogen-bond acceptors (Lipinski definition) is 5. The van der Waals surface area contributed by atoms with E-state index in [1.54, 1.807) is 6.92 Å². The third-order valence-electron chi connectivity index (χ3n) is 2.41. The maximum Gasteiger partial charge on any atom is 0.236 e. The molecule has 6 nitrogen and oxygen atoms in total. The molecular weight excluding hydrogens is 220 g/mol. The van der Waals surface area contributed by atoms with E-state index in [9.17, 15) is 4.79 Å². The summed E-state index contributed by atoms with van der Waals surface area (Å²) in [6, 6.07) is -0.417. The Morgan fingerprint density at radius 3 is 2.94 bits per heavy atom. The highest BCUT2D eigenvalue weighted by Crippen LogP contribution is 1.99. The van der Waals surface area contributed by atoms with Gasteiger partial charge in [0.05, 0.1) is 6.04 Å². The molecule has 1 unspecified atom stereocenters. The topological polar surface area (TPSA) is 94.0 Å². The van der Waals surface area contributed by atoms with Crippen molar-refractivity contribution in [1.82, 2.24) is 15.5 Å². The predicted octanol–water partition coefficient (Wildman–Crippen LogP) is 0.554. The number of nitrogens with one attached hydrogen (secondary N) is 1. The Balaban J connectivity index is 2.19. The summed E-state index contributed by atoms with van der Waals surface area (Å²) in [5, 5.41) is 6.42. The van der Waals surface area contributed by atoms with E-state index in [1.165, 1.54) is 0 Å². The Bertz CT molecular complexity index is 351. The van der Waals surface area contributed by atoms with Crippen molar-refractivity contribution in [2.24, 2.45) is 5.73 Å². The molecule has 0 aliphatic carbocycles. The molecule has 3 N–H and O–H groups in total. The summed E-state index contributed by atoms with van der Waals surface area (Å²) in [5.41, 5.74) is 5.72. The molecular formula is C11H20N4O2. The molecule has 0 aliphatic heterocycles. The average molecular weight is 240 g/mol. The van der Waals surface area contributed by atoms with Gasteiger partial charge in [-0.1, -0.05) is 24.9 Å². The average Bonchev–Trinajstić information content (AvgIpc) is 2.71. The largest absolute Gasteiger partial charge is 0.354 e. The van der Waals surface area contributed by atoms with Gasteiger partial charge in [0.15, 0.2) is 5.82 Å². The van der Waals surface area contributed by atoms with E-state index in [0.29, 0.717) is 24.7 Å². The fraction of sp³-hybridized carbons (Fsp3) is 0.727. The first-order valence-electron chi connectivity index (χ1n) is 5.96. The van der Waals surface area contributed by atoms with Crippen molar-refractivity contribution in [1.29, 1.82) is 0 Å². The third kappa shape index (κ3) is 4.95. The van der Waals surface area contributed by atoms with E-state index in [1.807, 2.05) is 0 Å². The molecule has 1 atom stereocenters. The van der Waals surface area contributed by atoms with Crippen molar-refractivity contribution in [3.63, 3.8) is 0 Å². The van der Waals surface area contributed by atoms with E-state index in [-0.39, 0.29) is 5.91 Å². The highest BCUT2D eigenvalue weighted by Gasteiger charge is 2.12. The van der Waals surface area contributed by atoms with Gasteiger partial charge >= 0.3 is 0 Å². The number of amides is 1. The van der Waals surface area contributed by atoms with E-state index in [4.69, 9.17) is 10.3 Å². The van der Waals surface area contributed by atoms with Gasteiger partial charge in [-0.05, 0) is 13.3 Å². The minimum Gasteiger partial charge on any atom is -0.354 e. The van der Waals surface area contributed by atoms with Gasteiger partial charge in [-0.3, -0.25) is 4.79 Å². The molecule has 0 fully saturated rings. The Morgan fingerprint density at radius 1 is 1.59 bits per heavy atom. The lowest BCUT2D eigenvalue weighted by atomic mass is 10.1. The first kappa shape index (κ1) is 13.6. The molecule has 0 saturated heterocycles. The highest BCUT2D eigenvalue weighted by molar-refractivity contribution is 5.81. The van der Waals surface area contributed by atoms with Gasteiger partial charge < -0.3 is 15.6 Å². The second kappa shape index (κ2) is 7.01. The lowest BCUT2D eigenvalue weighted by molar-refractivity contribution is -0.122. The number of nitrogens with two attached hydrogens (primary N) is 1. The van der Waals surface area contributed by atoms with Crippen LogP contribution in [-0.4, -0.2) is 28.6 Å². The zero-order chi connectivity index (χ0) is 12.7. The minimum absolute atomic E-state index is 0.116. The van der Waals surface area contributed by atoms with Crippen LogP contribution in [0.3, 0.4) is 0 Å². The molecule has 1 rings (SSSR count). The van der Waals surface area contributed by atoms with Crippen LogP contribution in [0.1, 0.15) is 37.9 Å². The summed E-state index contributed by atoms with van der Waals surface area (Å²) < 4.78 is 4.93. The summed E-state index contributed by atoms with van der Waals surface area (Å²) in [6.45, 7) is 4.30. The summed E-state index contributed by atoms with van der Waals surface area (Å²) in [4.78, 5) is 15.6. The van der Waals surface area contributed by atoms with Crippen molar-refractivity contribution in [2.75, 3.05) is 6.54 Å². The van der Waals surface area contributed by atoms with E-state index in [2.05, 4.69) is 22.4 Å². The van der Waals surface area contributed by atoms with Crippen LogP contribution in [0, 0.1) is 6.92 Å². The second-order valence-electron chi connectivity index (χ2n) is 4.03. The molecule has 0 spiro atoms. The number of aromatic nitrogens is 2. The lowest BCUT2D eigenvalue weighted by Crippen LogP contribution is -2.41. The quantitative estimate of drug-likeness (QED) is 0.726. The second-order valence-corrected chi connectivity index (χ2v) is 4.03. The minimum atomic E-state index is -0.417. The van der Waals surface area contributed by atoms with Gasteiger partial charge in [0.2, 0.25) is 11.8 Å². The van der Waals surface area contributed by atoms with E-state index < -0.39 is 6.04 Å². The highest BCUT2D eigenvalue weighted by atomic mass is 16.5. The Kier molecular flexibility index (Phi) is 5.62. The molecule has 0 saturated carbocycles. The summed E-state index contributed by atoms with van der Waals surface area (Å²) in [5.74, 6) is 1.02. The van der Waals surface area contributed by atoms with Crippen molar-refractivity contribution in [2.45, 2.75) is 45.6 Å². The molecule has 0 aliphatic rings. The summed E-state index contributed by atoms with van der Waals surface area (Å²) in [7, 11) is 0. The third-order valence-corrected chi connectivity index (χ3v) is 2.41. The maximum atomic E-state index is 11.5. The number of nitrogens with zero attached hydrogens (tertiary/aromatic N) is 2. The van der Waals surface area contributed by atoms with Crippen LogP contribution in [0.15, 0.2) is 4.52 Å². The number of unbranched alkanes of at least 4 members (excludes halogenated alkanes) is 1. The van der Waals surface area contributed by atoms with Gasteiger partial charge in [0.25, 0.3) is 0 Å². The fourth-order valence-corrected chi connectivity index (χ4v) is 1.42. The normalized spacial score (nSPS) is 12.4. The number of carbonyl (C=O) groups excluding carboxylic acids is 1. The molecule has 0 aromatic carbocycles. The number of hydrogen-bond donors (Lipinski definition) is 2. The molecule has 1 heterocycles. The van der Waals surface area contributed by atoms with Crippen LogP contribution in [0.2, 0.25) is 0 Å². The molecule has 1 aromatic rings. The molecule has 96 valence electrons. The molecule has 17 heavy (non-hydrogen) atoms. The van der Waals surface area contributed by atoms with Crippen LogP contribution in [0.5, 0.6) is 0 Å². The van der Waals surface area contributed by atoms with Gasteiger partial charge in [-0.2, -0.15) is 4.98 Å². The van der Waals surface area contributed by atoms with Gasteiger partial charge in [-0.25, -0.2) is 0 Å². The predicted molar refractivity (Wildman–Crippen MR) is 63.2 cm³/mol. The monoisotopic (exact) mass is 240 g/mol. The van der Waals surface area contributed by atoms with Crippen LogP contribution >= 0.6 is 0 Å². The SMILES string of the molecule is CCCCC(N)C(=O)NCCc1nc(C)no1. The van der Waals surface area contributed by atoms with Crippen LogP contribution in [0.25, 0.3) is 0 Å². The van der Waals surface area contributed by atoms with Gasteiger partial charge in [0.1, 0.15) is 0 Å². The maximum absolute atomic E-state index is 11.5. The first-order chi connectivity index (χ1) is 8.13. The van der Waals surface area contributed by atoms with Crippen LogP contribution < -0.4 is 11.1 Å². The van der Waals surface area contributed by atoms with Crippen molar-refractivity contribution >= 4 is 5.91 Å². The Labute approximate surface area is 101 Å². The Morgan fingerprint density at radius 2 is 2.35 bits per heavy atom. The zero-order valence-electron chi connectivity index (χ0n) is 10.4. The lowest BCUT2D eigenvalue weighted by Gasteiger charge is -2.10. The number of carbonyl (C=O) groups is 1. The summed E-state index contributed by atoms with van der Waals surface area (Å²) >= 11 is 0.